The lowest BCUT2D eigenvalue weighted by molar-refractivity contribution is -0.137. The number of rotatable bonds is 6. The first-order valence-electron chi connectivity index (χ1n) is 9.25. The standard InChI is InChI=1S/C21H17F4N5O/c1-31-18-5-2-12(9-27-18)8-26-17-4-3-13(19(22)30-17)6-14-10-28-20-16(14)7-15(11-29-20)21(23,24)25/h2-5,7,9-11H,6,8H2,1H3,(H,26,30)(H,28,29). The third-order valence-electron chi connectivity index (χ3n) is 4.73. The van der Waals surface area contributed by atoms with Crippen molar-refractivity contribution in [3.8, 4) is 5.88 Å². The van der Waals surface area contributed by atoms with Crippen molar-refractivity contribution in [3.63, 3.8) is 0 Å². The molecule has 0 saturated carbocycles. The van der Waals surface area contributed by atoms with Gasteiger partial charge in [0.1, 0.15) is 11.5 Å². The number of nitrogens with one attached hydrogen (secondary N) is 2. The summed E-state index contributed by atoms with van der Waals surface area (Å²) in [5.41, 5.74) is 1.07. The molecule has 0 aromatic carbocycles. The lowest BCUT2D eigenvalue weighted by Gasteiger charge is -2.09. The molecule has 4 aromatic rings. The average Bonchev–Trinajstić information content (AvgIpc) is 3.16. The number of ether oxygens (including phenoxy) is 1. The molecule has 0 saturated heterocycles. The largest absolute Gasteiger partial charge is 0.481 e. The van der Waals surface area contributed by atoms with E-state index in [1.165, 1.54) is 13.3 Å². The van der Waals surface area contributed by atoms with Crippen LogP contribution in [0.15, 0.2) is 48.9 Å². The number of alkyl halides is 3. The van der Waals surface area contributed by atoms with Crippen LogP contribution in [0.3, 0.4) is 0 Å². The normalized spacial score (nSPS) is 11.6. The Hall–Kier alpha value is -3.69. The number of anilines is 1. The SMILES string of the molecule is COc1ccc(CNc2ccc(Cc3c[nH]c4ncc(C(F)(F)F)cc34)c(F)n2)cn1. The summed E-state index contributed by atoms with van der Waals surface area (Å²) in [6.07, 6.45) is -0.500. The minimum Gasteiger partial charge on any atom is -0.481 e. The Morgan fingerprint density at radius 1 is 1.06 bits per heavy atom. The fraction of sp³-hybridized carbons (Fsp3) is 0.190. The number of aromatic amines is 1. The highest BCUT2D eigenvalue weighted by Gasteiger charge is 2.31. The van der Waals surface area contributed by atoms with Crippen molar-refractivity contribution in [2.45, 2.75) is 19.1 Å². The molecule has 4 heterocycles. The Labute approximate surface area is 174 Å². The van der Waals surface area contributed by atoms with E-state index in [0.29, 0.717) is 34.8 Å². The first kappa shape index (κ1) is 20.6. The molecule has 0 aliphatic rings. The topological polar surface area (TPSA) is 75.7 Å². The van der Waals surface area contributed by atoms with E-state index in [1.54, 1.807) is 24.4 Å². The van der Waals surface area contributed by atoms with Gasteiger partial charge in [-0.2, -0.15) is 17.6 Å². The van der Waals surface area contributed by atoms with E-state index in [9.17, 15) is 17.6 Å². The number of hydrogen-bond donors (Lipinski definition) is 2. The smallest absolute Gasteiger partial charge is 0.417 e. The van der Waals surface area contributed by atoms with Gasteiger partial charge in [-0.15, -0.1) is 0 Å². The van der Waals surface area contributed by atoms with Crippen molar-refractivity contribution < 1.29 is 22.3 Å². The second-order valence-electron chi connectivity index (χ2n) is 6.82. The number of H-pyrrole nitrogens is 1. The Morgan fingerprint density at radius 2 is 1.90 bits per heavy atom. The van der Waals surface area contributed by atoms with Crippen LogP contribution in [0.5, 0.6) is 5.88 Å². The molecule has 2 N–H and O–H groups in total. The van der Waals surface area contributed by atoms with Crippen molar-refractivity contribution in [1.29, 1.82) is 0 Å². The van der Waals surface area contributed by atoms with Crippen molar-refractivity contribution in [1.82, 2.24) is 19.9 Å². The summed E-state index contributed by atoms with van der Waals surface area (Å²) in [7, 11) is 1.52. The zero-order valence-electron chi connectivity index (χ0n) is 16.3. The molecule has 6 nitrogen and oxygen atoms in total. The van der Waals surface area contributed by atoms with Crippen LogP contribution in [0.1, 0.15) is 22.3 Å². The molecule has 0 radical (unpaired) electrons. The number of halogens is 4. The maximum absolute atomic E-state index is 14.5. The molecule has 0 spiro atoms. The zero-order chi connectivity index (χ0) is 22.0. The molecular weight excluding hydrogens is 414 g/mol. The van der Waals surface area contributed by atoms with E-state index in [2.05, 4.69) is 25.3 Å². The van der Waals surface area contributed by atoms with E-state index >= 15 is 0 Å². The summed E-state index contributed by atoms with van der Waals surface area (Å²) in [6, 6.07) is 7.72. The van der Waals surface area contributed by atoms with E-state index in [0.717, 1.165) is 17.8 Å². The van der Waals surface area contributed by atoms with Crippen LogP contribution in [0.2, 0.25) is 0 Å². The van der Waals surface area contributed by atoms with Gasteiger partial charge in [0.2, 0.25) is 11.8 Å². The van der Waals surface area contributed by atoms with Gasteiger partial charge in [0.15, 0.2) is 0 Å². The molecule has 0 aliphatic carbocycles. The number of methoxy groups -OCH3 is 1. The van der Waals surface area contributed by atoms with Gasteiger partial charge >= 0.3 is 6.18 Å². The Bertz CT molecular complexity index is 1200. The first-order chi connectivity index (χ1) is 14.8. The molecule has 0 aliphatic heterocycles. The fourth-order valence-corrected chi connectivity index (χ4v) is 3.09. The highest BCUT2D eigenvalue weighted by molar-refractivity contribution is 5.80. The van der Waals surface area contributed by atoms with Crippen molar-refractivity contribution in [2.75, 3.05) is 12.4 Å². The van der Waals surface area contributed by atoms with Crippen LogP contribution in [0.25, 0.3) is 11.0 Å². The molecule has 0 unspecified atom stereocenters. The number of aromatic nitrogens is 4. The van der Waals surface area contributed by atoms with Crippen molar-refractivity contribution in [3.05, 3.63) is 77.1 Å². The van der Waals surface area contributed by atoms with Crippen LogP contribution < -0.4 is 10.1 Å². The summed E-state index contributed by atoms with van der Waals surface area (Å²) < 4.78 is 58.5. The third kappa shape index (κ3) is 4.57. The molecule has 4 rings (SSSR count). The van der Waals surface area contributed by atoms with Gasteiger partial charge in [-0.25, -0.2) is 15.0 Å². The van der Waals surface area contributed by atoms with Crippen molar-refractivity contribution in [2.24, 2.45) is 0 Å². The maximum atomic E-state index is 14.5. The highest BCUT2D eigenvalue weighted by atomic mass is 19.4. The minimum absolute atomic E-state index is 0.0739. The number of fused-ring (bicyclic) bond motifs is 1. The molecule has 31 heavy (non-hydrogen) atoms. The fourth-order valence-electron chi connectivity index (χ4n) is 3.09. The average molecular weight is 431 g/mol. The molecule has 0 bridgehead atoms. The molecule has 10 heteroatoms. The van der Waals surface area contributed by atoms with Gasteiger partial charge in [-0.1, -0.05) is 12.1 Å². The van der Waals surface area contributed by atoms with Gasteiger partial charge in [-0.3, -0.25) is 0 Å². The van der Waals surface area contributed by atoms with Crippen LogP contribution in [-0.2, 0) is 19.1 Å². The summed E-state index contributed by atoms with van der Waals surface area (Å²) >= 11 is 0. The van der Waals surface area contributed by atoms with Gasteiger partial charge < -0.3 is 15.0 Å². The van der Waals surface area contributed by atoms with Gasteiger partial charge in [0.25, 0.3) is 0 Å². The zero-order valence-corrected chi connectivity index (χ0v) is 16.3. The third-order valence-corrected chi connectivity index (χ3v) is 4.73. The second-order valence-corrected chi connectivity index (χ2v) is 6.82. The highest BCUT2D eigenvalue weighted by Crippen LogP contribution is 2.31. The van der Waals surface area contributed by atoms with Crippen LogP contribution >= 0.6 is 0 Å². The lowest BCUT2D eigenvalue weighted by atomic mass is 10.1. The number of nitrogens with zero attached hydrogens (tertiary/aromatic N) is 3. The molecule has 0 atom stereocenters. The van der Waals surface area contributed by atoms with Crippen LogP contribution in [-0.4, -0.2) is 27.0 Å². The molecule has 0 fully saturated rings. The first-order valence-corrected chi connectivity index (χ1v) is 9.25. The summed E-state index contributed by atoms with van der Waals surface area (Å²) in [6.45, 7) is 0.386. The van der Waals surface area contributed by atoms with Crippen molar-refractivity contribution >= 4 is 16.9 Å². The Morgan fingerprint density at radius 3 is 2.58 bits per heavy atom. The monoisotopic (exact) mass is 431 g/mol. The maximum Gasteiger partial charge on any atom is 0.417 e. The number of pyridine rings is 3. The Balaban J connectivity index is 1.49. The summed E-state index contributed by atoms with van der Waals surface area (Å²) in [5.74, 6) is 0.122. The summed E-state index contributed by atoms with van der Waals surface area (Å²) in [4.78, 5) is 14.6. The van der Waals surface area contributed by atoms with Crippen LogP contribution in [0, 0.1) is 5.95 Å². The molecule has 4 aromatic heterocycles. The predicted molar refractivity (Wildman–Crippen MR) is 106 cm³/mol. The van der Waals surface area contributed by atoms with E-state index in [1.807, 2.05) is 6.07 Å². The molecule has 160 valence electrons. The van der Waals surface area contributed by atoms with Gasteiger partial charge in [0, 0.05) is 48.6 Å². The van der Waals surface area contributed by atoms with E-state index in [4.69, 9.17) is 4.74 Å². The Kier molecular flexibility index (Phi) is 5.45. The minimum atomic E-state index is -4.50. The second kappa shape index (κ2) is 8.21. The van der Waals surface area contributed by atoms with E-state index in [-0.39, 0.29) is 12.0 Å². The van der Waals surface area contributed by atoms with Gasteiger partial charge in [-0.05, 0) is 23.3 Å². The molecular formula is C21H17F4N5O. The van der Waals surface area contributed by atoms with Crippen LogP contribution in [0.4, 0.5) is 23.4 Å². The van der Waals surface area contributed by atoms with E-state index < -0.39 is 17.7 Å². The van der Waals surface area contributed by atoms with Gasteiger partial charge in [0.05, 0.1) is 12.7 Å². The number of hydrogen-bond acceptors (Lipinski definition) is 5. The summed E-state index contributed by atoms with van der Waals surface area (Å²) in [5, 5.41) is 3.30. The quantitative estimate of drug-likeness (QED) is 0.341. The molecule has 0 amide bonds. The predicted octanol–water partition coefficient (Wildman–Crippen LogP) is 4.72. The lowest BCUT2D eigenvalue weighted by Crippen LogP contribution is -2.06.